The molecule has 0 spiro atoms. The molecule has 0 atom stereocenters. The summed E-state index contributed by atoms with van der Waals surface area (Å²) < 4.78 is 38.2. The Labute approximate surface area is 197 Å². The first kappa shape index (κ1) is 21.7. The van der Waals surface area contributed by atoms with E-state index < -0.39 is 17.3 Å². The summed E-state index contributed by atoms with van der Waals surface area (Å²) in [5.41, 5.74) is 1.60. The molecule has 3 aromatic heterocycles. The van der Waals surface area contributed by atoms with Crippen LogP contribution in [0.5, 0.6) is 5.88 Å². The molecule has 35 heavy (non-hydrogen) atoms. The number of halogens is 2. The molecule has 4 heterocycles. The van der Waals surface area contributed by atoms with Gasteiger partial charge in [0.15, 0.2) is 6.61 Å². The fourth-order valence-electron chi connectivity index (χ4n) is 5.15. The smallest absolute Gasteiger partial charge is 0.345 e. The topological polar surface area (TPSA) is 100 Å². The maximum Gasteiger partial charge on any atom is 0.345 e. The number of hydrogen-bond acceptors (Lipinski definition) is 6. The number of pyridine rings is 1. The summed E-state index contributed by atoms with van der Waals surface area (Å²) in [4.78, 5) is 33.7. The van der Waals surface area contributed by atoms with Crippen LogP contribution in [-0.2, 0) is 11.3 Å². The fourth-order valence-corrected chi connectivity index (χ4v) is 5.15. The van der Waals surface area contributed by atoms with E-state index in [2.05, 4.69) is 15.3 Å². The van der Waals surface area contributed by atoms with Crippen LogP contribution in [0.15, 0.2) is 45.7 Å². The molecular weight excluding hydrogens is 458 g/mol. The molecule has 1 fully saturated rings. The van der Waals surface area contributed by atoms with Gasteiger partial charge in [0.05, 0.1) is 17.1 Å². The van der Waals surface area contributed by atoms with Gasteiger partial charge in [-0.2, -0.15) is 0 Å². The van der Waals surface area contributed by atoms with Crippen LogP contribution in [0.1, 0.15) is 31.4 Å². The third-order valence-corrected chi connectivity index (χ3v) is 6.81. The van der Waals surface area contributed by atoms with Gasteiger partial charge in [0.1, 0.15) is 22.9 Å². The Balaban J connectivity index is 1.14. The number of hydrogen-bond donors (Lipinski definition) is 2. The molecule has 1 aromatic carbocycles. The van der Waals surface area contributed by atoms with Crippen molar-refractivity contribution in [1.29, 1.82) is 0 Å². The minimum atomic E-state index is -0.509. The third-order valence-electron chi connectivity index (χ3n) is 6.81. The maximum absolute atomic E-state index is 13.8. The van der Waals surface area contributed by atoms with Gasteiger partial charge in [0.2, 0.25) is 5.88 Å². The summed E-state index contributed by atoms with van der Waals surface area (Å²) in [6.45, 7) is 0.394. The molecule has 0 bridgehead atoms. The number of benzene rings is 1. The minimum Gasteiger partial charge on any atom is -0.466 e. The SMILES string of the molecule is O=C1COc2ncc(F)cc2N1C1CCC(NCc2cc3c(=O)oc4ccc(F)cc4c3[nH]2)CC1. The van der Waals surface area contributed by atoms with Crippen molar-refractivity contribution >= 4 is 33.5 Å². The van der Waals surface area contributed by atoms with Gasteiger partial charge in [-0.05, 0) is 49.9 Å². The molecule has 2 N–H and O–H groups in total. The zero-order valence-electron chi connectivity index (χ0n) is 18.6. The van der Waals surface area contributed by atoms with Crippen LogP contribution in [0.2, 0.25) is 0 Å². The van der Waals surface area contributed by atoms with E-state index in [-0.39, 0.29) is 30.5 Å². The van der Waals surface area contributed by atoms with Gasteiger partial charge >= 0.3 is 5.63 Å². The summed E-state index contributed by atoms with van der Waals surface area (Å²) in [6.07, 6.45) is 4.23. The molecule has 4 aromatic rings. The lowest BCUT2D eigenvalue weighted by atomic mass is 9.89. The van der Waals surface area contributed by atoms with Gasteiger partial charge in [-0.25, -0.2) is 18.6 Å². The molecule has 0 saturated heterocycles. The lowest BCUT2D eigenvalue weighted by Gasteiger charge is -2.39. The lowest BCUT2D eigenvalue weighted by Crippen LogP contribution is -2.49. The van der Waals surface area contributed by atoms with Crippen molar-refractivity contribution in [3.8, 4) is 5.88 Å². The number of ether oxygens (including phenoxy) is 1. The summed E-state index contributed by atoms with van der Waals surface area (Å²) in [5, 5.41) is 4.41. The normalized spacial score (nSPS) is 20.3. The van der Waals surface area contributed by atoms with Crippen LogP contribution in [0.25, 0.3) is 21.9 Å². The number of nitrogens with one attached hydrogen (secondary N) is 2. The van der Waals surface area contributed by atoms with Crippen molar-refractivity contribution in [1.82, 2.24) is 15.3 Å². The fraction of sp³-hybridized carbons (Fsp3) is 0.320. The lowest BCUT2D eigenvalue weighted by molar-refractivity contribution is -0.122. The van der Waals surface area contributed by atoms with Gasteiger partial charge in [-0.1, -0.05) is 0 Å². The highest BCUT2D eigenvalue weighted by molar-refractivity contribution is 6.02. The van der Waals surface area contributed by atoms with Crippen molar-refractivity contribution in [2.75, 3.05) is 11.5 Å². The molecular formula is C25H22F2N4O4. The number of anilines is 1. The zero-order valence-corrected chi connectivity index (χ0v) is 18.6. The molecule has 1 saturated carbocycles. The van der Waals surface area contributed by atoms with E-state index in [0.29, 0.717) is 34.1 Å². The van der Waals surface area contributed by atoms with Crippen LogP contribution in [-0.4, -0.2) is 34.6 Å². The van der Waals surface area contributed by atoms with Crippen LogP contribution in [0.4, 0.5) is 14.5 Å². The Hall–Kier alpha value is -3.79. The first-order valence-corrected chi connectivity index (χ1v) is 11.5. The van der Waals surface area contributed by atoms with Crippen LogP contribution in [0.3, 0.4) is 0 Å². The molecule has 1 aliphatic heterocycles. The number of nitrogens with zero attached hydrogens (tertiary/aromatic N) is 2. The quantitative estimate of drug-likeness (QED) is 0.432. The first-order valence-electron chi connectivity index (χ1n) is 11.5. The van der Waals surface area contributed by atoms with E-state index in [1.807, 2.05) is 0 Å². The monoisotopic (exact) mass is 480 g/mol. The highest BCUT2D eigenvalue weighted by Gasteiger charge is 2.35. The Morgan fingerprint density at radius 1 is 1.06 bits per heavy atom. The number of aromatic amines is 1. The molecule has 6 rings (SSSR count). The second-order valence-corrected chi connectivity index (χ2v) is 9.03. The van der Waals surface area contributed by atoms with Crippen LogP contribution < -0.4 is 20.6 Å². The molecule has 1 aliphatic carbocycles. The van der Waals surface area contributed by atoms with Crippen molar-refractivity contribution < 1.29 is 22.7 Å². The van der Waals surface area contributed by atoms with Gasteiger partial charge in [-0.15, -0.1) is 0 Å². The number of fused-ring (bicyclic) bond motifs is 4. The molecule has 0 unspecified atom stereocenters. The second-order valence-electron chi connectivity index (χ2n) is 9.03. The maximum atomic E-state index is 13.8. The number of aromatic nitrogens is 2. The van der Waals surface area contributed by atoms with E-state index >= 15 is 0 Å². The summed E-state index contributed by atoms with van der Waals surface area (Å²) in [7, 11) is 0. The first-order chi connectivity index (χ1) is 17.0. The van der Waals surface area contributed by atoms with Crippen LogP contribution in [0, 0.1) is 11.6 Å². The number of rotatable bonds is 4. The third kappa shape index (κ3) is 3.93. The Morgan fingerprint density at radius 2 is 1.89 bits per heavy atom. The molecule has 10 heteroatoms. The zero-order chi connectivity index (χ0) is 24.1. The van der Waals surface area contributed by atoms with E-state index in [9.17, 15) is 18.4 Å². The van der Waals surface area contributed by atoms with Gasteiger partial charge in [0.25, 0.3) is 5.91 Å². The highest BCUT2D eigenvalue weighted by Crippen LogP contribution is 2.36. The van der Waals surface area contributed by atoms with Crippen LogP contribution >= 0.6 is 0 Å². The van der Waals surface area contributed by atoms with Gasteiger partial charge in [-0.3, -0.25) is 4.79 Å². The van der Waals surface area contributed by atoms with Crippen molar-refractivity contribution in [3.05, 3.63) is 64.3 Å². The molecule has 8 nitrogen and oxygen atoms in total. The standard InChI is InChI=1S/C25H22F2N4O4/c26-13-1-6-21-18(7-13)23-19(25(33)35-21)9-16(30-23)11-28-15-2-4-17(5-3-15)31-20-8-14(27)10-29-24(20)34-12-22(31)32/h1,6-10,15,17,28,30H,2-5,11-12H2. The van der Waals surface area contributed by atoms with E-state index in [0.717, 1.165) is 37.6 Å². The molecule has 180 valence electrons. The summed E-state index contributed by atoms with van der Waals surface area (Å²) in [6, 6.07) is 7.25. The predicted molar refractivity (Wildman–Crippen MR) is 124 cm³/mol. The number of H-pyrrole nitrogens is 1. The molecule has 1 amide bonds. The van der Waals surface area contributed by atoms with Crippen molar-refractivity contribution in [2.24, 2.45) is 0 Å². The number of carbonyl (C=O) groups excluding carboxylic acids is 1. The molecule has 2 aliphatic rings. The second kappa shape index (κ2) is 8.46. The average molecular weight is 480 g/mol. The molecule has 0 radical (unpaired) electrons. The number of amides is 1. The van der Waals surface area contributed by atoms with E-state index in [1.165, 1.54) is 24.3 Å². The van der Waals surface area contributed by atoms with Crippen molar-refractivity contribution in [3.63, 3.8) is 0 Å². The van der Waals surface area contributed by atoms with Gasteiger partial charge in [0, 0.05) is 35.8 Å². The Kier molecular flexibility index (Phi) is 5.25. The number of carbonyl (C=O) groups is 1. The van der Waals surface area contributed by atoms with E-state index in [1.54, 1.807) is 11.0 Å². The van der Waals surface area contributed by atoms with Gasteiger partial charge < -0.3 is 24.4 Å². The van der Waals surface area contributed by atoms with E-state index in [4.69, 9.17) is 9.15 Å². The predicted octanol–water partition coefficient (Wildman–Crippen LogP) is 3.77. The van der Waals surface area contributed by atoms with Crippen molar-refractivity contribution in [2.45, 2.75) is 44.3 Å². The highest BCUT2D eigenvalue weighted by atomic mass is 19.1. The average Bonchev–Trinajstić information content (AvgIpc) is 3.29. The largest absolute Gasteiger partial charge is 0.466 e. The summed E-state index contributed by atoms with van der Waals surface area (Å²) in [5.74, 6) is -0.826. The summed E-state index contributed by atoms with van der Waals surface area (Å²) >= 11 is 0. The minimum absolute atomic E-state index is 0.0502. The Morgan fingerprint density at radius 3 is 2.71 bits per heavy atom. The Bertz CT molecular complexity index is 1510.